The van der Waals surface area contributed by atoms with E-state index in [2.05, 4.69) is 15.9 Å². The monoisotopic (exact) mass is 264 g/mol. The van der Waals surface area contributed by atoms with Crippen LogP contribution in [-0.4, -0.2) is 17.2 Å². The third-order valence-corrected chi connectivity index (χ3v) is 3.40. The van der Waals surface area contributed by atoms with Gasteiger partial charge in [-0.25, -0.2) is 4.79 Å². The van der Waals surface area contributed by atoms with Crippen LogP contribution in [0.1, 0.15) is 11.8 Å². The van der Waals surface area contributed by atoms with E-state index in [-0.39, 0.29) is 0 Å². The quantitative estimate of drug-likeness (QED) is 0.909. The lowest BCUT2D eigenvalue weighted by molar-refractivity contribution is -0.149. The number of halogens is 1. The summed E-state index contributed by atoms with van der Waals surface area (Å²) in [7, 11) is 0. The number of rotatable bonds is 4. The molecular formula is C8H9BrO3S. The first kappa shape index (κ1) is 10.7. The van der Waals surface area contributed by atoms with Gasteiger partial charge in [0, 0.05) is 9.35 Å². The molecule has 0 radical (unpaired) electrons. The van der Waals surface area contributed by atoms with Gasteiger partial charge in [-0.15, -0.1) is 11.3 Å². The highest BCUT2D eigenvalue weighted by Gasteiger charge is 2.12. The number of aliphatic carboxylic acids is 1. The van der Waals surface area contributed by atoms with Gasteiger partial charge < -0.3 is 9.84 Å². The molecule has 0 aliphatic rings. The highest BCUT2D eigenvalue weighted by molar-refractivity contribution is 9.10. The van der Waals surface area contributed by atoms with Crippen molar-refractivity contribution in [1.29, 1.82) is 0 Å². The van der Waals surface area contributed by atoms with Crippen LogP contribution >= 0.6 is 27.3 Å². The molecule has 3 nitrogen and oxygen atoms in total. The Bertz CT molecular complexity index is 297. The standard InChI is InChI=1S/C8H9BrO3S/c1-5(8(10)11)12-4-7-6(9)2-3-13-7/h2-3,5H,4H2,1H3,(H,10,11)/t5-/m1/s1. The molecule has 5 heteroatoms. The average molecular weight is 265 g/mol. The van der Waals surface area contributed by atoms with E-state index < -0.39 is 12.1 Å². The molecule has 0 saturated carbocycles. The minimum atomic E-state index is -0.937. The molecule has 1 atom stereocenters. The molecule has 1 rings (SSSR count). The van der Waals surface area contributed by atoms with Crippen LogP contribution in [0.15, 0.2) is 15.9 Å². The molecule has 0 aliphatic carbocycles. The number of carbonyl (C=O) groups is 1. The second-order valence-corrected chi connectivity index (χ2v) is 4.34. The molecule has 1 N–H and O–H groups in total. The van der Waals surface area contributed by atoms with Crippen LogP contribution in [0.5, 0.6) is 0 Å². The van der Waals surface area contributed by atoms with Gasteiger partial charge >= 0.3 is 5.97 Å². The lowest BCUT2D eigenvalue weighted by Gasteiger charge is -2.06. The summed E-state index contributed by atoms with van der Waals surface area (Å²) in [4.78, 5) is 11.4. The van der Waals surface area contributed by atoms with Gasteiger partial charge in [0.2, 0.25) is 0 Å². The number of carboxylic acid groups (broad SMARTS) is 1. The molecule has 13 heavy (non-hydrogen) atoms. The van der Waals surface area contributed by atoms with Crippen LogP contribution in [0.3, 0.4) is 0 Å². The van der Waals surface area contributed by atoms with Crippen molar-refractivity contribution in [2.24, 2.45) is 0 Å². The molecule has 0 aliphatic heterocycles. The lowest BCUT2D eigenvalue weighted by Crippen LogP contribution is -2.19. The van der Waals surface area contributed by atoms with Crippen molar-refractivity contribution in [3.8, 4) is 0 Å². The molecular weight excluding hydrogens is 256 g/mol. The summed E-state index contributed by atoms with van der Waals surface area (Å²) in [5, 5.41) is 10.5. The van der Waals surface area contributed by atoms with Crippen LogP contribution in [0.25, 0.3) is 0 Å². The van der Waals surface area contributed by atoms with Gasteiger partial charge in [-0.3, -0.25) is 0 Å². The van der Waals surface area contributed by atoms with Crippen molar-refractivity contribution in [1.82, 2.24) is 0 Å². The normalized spacial score (nSPS) is 12.8. The predicted octanol–water partition coefficient (Wildman–Crippen LogP) is 2.50. The van der Waals surface area contributed by atoms with Gasteiger partial charge in [0.15, 0.2) is 6.10 Å². The zero-order chi connectivity index (χ0) is 9.84. The van der Waals surface area contributed by atoms with Crippen molar-refractivity contribution in [2.45, 2.75) is 19.6 Å². The summed E-state index contributed by atoms with van der Waals surface area (Å²) in [5.41, 5.74) is 0. The van der Waals surface area contributed by atoms with E-state index in [1.54, 1.807) is 0 Å². The van der Waals surface area contributed by atoms with Gasteiger partial charge in [0.05, 0.1) is 6.61 Å². The van der Waals surface area contributed by atoms with Crippen molar-refractivity contribution >= 4 is 33.2 Å². The van der Waals surface area contributed by atoms with Gasteiger partial charge in [-0.05, 0) is 34.3 Å². The minimum Gasteiger partial charge on any atom is -0.479 e. The van der Waals surface area contributed by atoms with Crippen molar-refractivity contribution in [3.63, 3.8) is 0 Å². The summed E-state index contributed by atoms with van der Waals surface area (Å²) in [6.45, 7) is 1.86. The smallest absolute Gasteiger partial charge is 0.332 e. The Morgan fingerprint density at radius 3 is 3.00 bits per heavy atom. The van der Waals surface area contributed by atoms with Gasteiger partial charge in [-0.2, -0.15) is 0 Å². The average Bonchev–Trinajstić information content (AvgIpc) is 2.47. The Hall–Kier alpha value is -0.390. The maximum absolute atomic E-state index is 10.4. The first-order valence-corrected chi connectivity index (χ1v) is 5.35. The molecule has 1 heterocycles. The van der Waals surface area contributed by atoms with Gasteiger partial charge in [0.25, 0.3) is 0 Å². The molecule has 1 aromatic heterocycles. The molecule has 0 amide bonds. The molecule has 0 fully saturated rings. The molecule has 0 unspecified atom stereocenters. The first-order chi connectivity index (χ1) is 6.11. The second-order valence-electron chi connectivity index (χ2n) is 2.48. The molecule has 72 valence electrons. The Labute approximate surface area is 88.5 Å². The fourth-order valence-electron chi connectivity index (χ4n) is 0.700. The Balaban J connectivity index is 2.44. The summed E-state index contributed by atoms with van der Waals surface area (Å²) in [6.07, 6.45) is -0.756. The van der Waals surface area contributed by atoms with Crippen LogP contribution in [-0.2, 0) is 16.1 Å². The van der Waals surface area contributed by atoms with Gasteiger partial charge in [-0.1, -0.05) is 0 Å². The molecule has 0 spiro atoms. The maximum Gasteiger partial charge on any atom is 0.332 e. The van der Waals surface area contributed by atoms with Crippen molar-refractivity contribution in [3.05, 3.63) is 20.8 Å². The van der Waals surface area contributed by atoms with Crippen LogP contribution < -0.4 is 0 Å². The molecule has 0 saturated heterocycles. The third-order valence-electron chi connectivity index (χ3n) is 1.50. The Morgan fingerprint density at radius 2 is 2.54 bits per heavy atom. The van der Waals surface area contributed by atoms with E-state index in [1.807, 2.05) is 11.4 Å². The number of hydrogen-bond donors (Lipinski definition) is 1. The van der Waals surface area contributed by atoms with Crippen LogP contribution in [0, 0.1) is 0 Å². The fraction of sp³-hybridized carbons (Fsp3) is 0.375. The number of hydrogen-bond acceptors (Lipinski definition) is 3. The maximum atomic E-state index is 10.4. The van der Waals surface area contributed by atoms with E-state index in [1.165, 1.54) is 18.3 Å². The van der Waals surface area contributed by atoms with Crippen LogP contribution in [0.2, 0.25) is 0 Å². The van der Waals surface area contributed by atoms with Crippen LogP contribution in [0.4, 0.5) is 0 Å². The number of carboxylic acids is 1. The summed E-state index contributed by atoms with van der Waals surface area (Å²) in [6, 6.07) is 1.91. The largest absolute Gasteiger partial charge is 0.479 e. The first-order valence-electron chi connectivity index (χ1n) is 3.67. The SMILES string of the molecule is C[C@@H](OCc1sccc1Br)C(=O)O. The zero-order valence-electron chi connectivity index (χ0n) is 6.99. The van der Waals surface area contributed by atoms with Crippen molar-refractivity contribution < 1.29 is 14.6 Å². The van der Waals surface area contributed by atoms with Gasteiger partial charge in [0.1, 0.15) is 0 Å². The summed E-state index contributed by atoms with van der Waals surface area (Å²) < 4.78 is 6.08. The highest BCUT2D eigenvalue weighted by atomic mass is 79.9. The van der Waals surface area contributed by atoms with E-state index in [0.29, 0.717) is 6.61 Å². The third kappa shape index (κ3) is 3.10. The highest BCUT2D eigenvalue weighted by Crippen LogP contribution is 2.23. The lowest BCUT2D eigenvalue weighted by atomic mass is 10.4. The zero-order valence-corrected chi connectivity index (χ0v) is 9.39. The topological polar surface area (TPSA) is 46.5 Å². The van der Waals surface area contributed by atoms with E-state index >= 15 is 0 Å². The van der Waals surface area contributed by atoms with E-state index in [9.17, 15) is 4.79 Å². The van der Waals surface area contributed by atoms with Crippen molar-refractivity contribution in [2.75, 3.05) is 0 Å². The summed E-state index contributed by atoms with van der Waals surface area (Å²) in [5.74, 6) is -0.937. The minimum absolute atomic E-state index is 0.339. The summed E-state index contributed by atoms with van der Waals surface area (Å²) >= 11 is 4.87. The molecule has 1 aromatic rings. The molecule has 0 bridgehead atoms. The fourth-order valence-corrected chi connectivity index (χ4v) is 2.09. The Morgan fingerprint density at radius 1 is 1.85 bits per heavy atom. The number of ether oxygens (including phenoxy) is 1. The Kier molecular flexibility index (Phi) is 3.90. The van der Waals surface area contributed by atoms with E-state index in [4.69, 9.17) is 9.84 Å². The molecule has 0 aromatic carbocycles. The van der Waals surface area contributed by atoms with E-state index in [0.717, 1.165) is 9.35 Å². The predicted molar refractivity (Wildman–Crippen MR) is 53.9 cm³/mol. The second kappa shape index (κ2) is 4.74. The number of thiophene rings is 1.